The van der Waals surface area contributed by atoms with Crippen molar-refractivity contribution in [2.45, 2.75) is 26.4 Å². The van der Waals surface area contributed by atoms with Crippen molar-refractivity contribution in [1.29, 1.82) is 5.26 Å². The van der Waals surface area contributed by atoms with Gasteiger partial charge in [-0.1, -0.05) is 5.16 Å². The molecule has 0 N–H and O–H groups in total. The van der Waals surface area contributed by atoms with Crippen LogP contribution < -0.4 is 4.74 Å². The molecule has 22 heavy (non-hydrogen) atoms. The van der Waals surface area contributed by atoms with Crippen LogP contribution >= 0.6 is 0 Å². The quantitative estimate of drug-likeness (QED) is 0.799. The molecule has 0 atom stereocenters. The van der Waals surface area contributed by atoms with Crippen LogP contribution in [0.15, 0.2) is 29.1 Å². The van der Waals surface area contributed by atoms with Crippen LogP contribution in [0.3, 0.4) is 0 Å². The molecule has 7 nitrogen and oxygen atoms in total. The zero-order valence-corrected chi connectivity index (χ0v) is 12.5. The minimum absolute atomic E-state index is 0.252. The Kier molecular flexibility index (Phi) is 4.41. The second-order valence-electron chi connectivity index (χ2n) is 5.49. The third-order valence-electron chi connectivity index (χ3n) is 2.43. The molecule has 2 aromatic rings. The topological polar surface area (TPSA) is 98.2 Å². The predicted molar refractivity (Wildman–Crippen MR) is 75.8 cm³/mol. The molecule has 0 aliphatic rings. The average Bonchev–Trinajstić information content (AvgIpc) is 2.97. The Morgan fingerprint density at radius 3 is 2.73 bits per heavy atom. The van der Waals surface area contributed by atoms with E-state index >= 15 is 0 Å². The van der Waals surface area contributed by atoms with Gasteiger partial charge in [0.1, 0.15) is 11.4 Å². The molecule has 0 bridgehead atoms. The normalized spacial score (nSPS) is 10.8. The van der Waals surface area contributed by atoms with Crippen LogP contribution in [0.5, 0.6) is 5.75 Å². The van der Waals surface area contributed by atoms with E-state index in [-0.39, 0.29) is 6.61 Å². The van der Waals surface area contributed by atoms with E-state index in [2.05, 4.69) is 14.7 Å². The number of benzene rings is 1. The monoisotopic (exact) mass is 301 g/mol. The molecular formula is C15H15N3O4. The highest BCUT2D eigenvalue weighted by Gasteiger charge is 2.17. The first kappa shape index (κ1) is 15.5. The first-order chi connectivity index (χ1) is 10.4. The minimum Gasteiger partial charge on any atom is -0.482 e. The molecule has 2 rings (SSSR count). The van der Waals surface area contributed by atoms with Crippen molar-refractivity contribution in [3.05, 3.63) is 30.2 Å². The maximum absolute atomic E-state index is 11.6. The molecule has 1 aromatic heterocycles. The maximum atomic E-state index is 11.6. The second-order valence-corrected chi connectivity index (χ2v) is 5.49. The van der Waals surface area contributed by atoms with Gasteiger partial charge in [-0.2, -0.15) is 10.2 Å². The highest BCUT2D eigenvalue weighted by Crippen LogP contribution is 2.23. The molecule has 1 heterocycles. The number of ether oxygens (including phenoxy) is 2. The summed E-state index contributed by atoms with van der Waals surface area (Å²) in [6, 6.07) is 6.76. The summed E-state index contributed by atoms with van der Waals surface area (Å²) >= 11 is 0. The van der Waals surface area contributed by atoms with Crippen molar-refractivity contribution in [1.82, 2.24) is 10.1 Å². The van der Waals surface area contributed by atoms with Crippen LogP contribution in [0.2, 0.25) is 0 Å². The number of carbonyl (C=O) groups is 1. The van der Waals surface area contributed by atoms with Crippen LogP contribution in [0.4, 0.5) is 0 Å². The molecule has 0 aliphatic heterocycles. The molecule has 7 heteroatoms. The maximum Gasteiger partial charge on any atom is 0.344 e. The van der Waals surface area contributed by atoms with E-state index in [1.165, 1.54) is 12.5 Å². The molecule has 0 amide bonds. The Bertz CT molecular complexity index is 697. The van der Waals surface area contributed by atoms with Crippen LogP contribution in [0, 0.1) is 11.3 Å². The molecule has 0 saturated carbocycles. The fourth-order valence-corrected chi connectivity index (χ4v) is 1.69. The van der Waals surface area contributed by atoms with E-state index in [0.717, 1.165) is 0 Å². The molecule has 114 valence electrons. The molecule has 0 aliphatic carbocycles. The van der Waals surface area contributed by atoms with Gasteiger partial charge < -0.3 is 14.0 Å². The number of nitrogens with zero attached hydrogens (tertiary/aromatic N) is 3. The highest BCUT2D eigenvalue weighted by molar-refractivity contribution is 5.71. The average molecular weight is 301 g/mol. The number of esters is 1. The number of carbonyl (C=O) groups excluding carboxylic acids is 1. The molecule has 1 aromatic carbocycles. The first-order valence-corrected chi connectivity index (χ1v) is 6.54. The summed E-state index contributed by atoms with van der Waals surface area (Å²) in [6.07, 6.45) is 1.19. The van der Waals surface area contributed by atoms with Gasteiger partial charge in [-0.05, 0) is 39.0 Å². The smallest absolute Gasteiger partial charge is 0.344 e. The summed E-state index contributed by atoms with van der Waals surface area (Å²) in [6.45, 7) is 5.07. The SMILES string of the molecule is CC(C)(C)OC(=O)COc1cc(C#N)cc(-c2ncon2)c1. The van der Waals surface area contributed by atoms with Crippen molar-refractivity contribution in [2.24, 2.45) is 0 Å². The van der Waals surface area contributed by atoms with Gasteiger partial charge in [0.15, 0.2) is 6.61 Å². The number of aromatic nitrogens is 2. The Labute approximate surface area is 127 Å². The molecule has 0 fully saturated rings. The van der Waals surface area contributed by atoms with Gasteiger partial charge in [-0.25, -0.2) is 4.79 Å². The molecule has 0 spiro atoms. The number of nitriles is 1. The van der Waals surface area contributed by atoms with Gasteiger partial charge in [-0.15, -0.1) is 0 Å². The highest BCUT2D eigenvalue weighted by atomic mass is 16.6. The Hall–Kier alpha value is -2.88. The van der Waals surface area contributed by atoms with E-state index in [1.54, 1.807) is 32.9 Å². The summed E-state index contributed by atoms with van der Waals surface area (Å²) in [5, 5.41) is 12.8. The van der Waals surface area contributed by atoms with Crippen molar-refractivity contribution in [2.75, 3.05) is 6.61 Å². The van der Waals surface area contributed by atoms with Gasteiger partial charge in [0, 0.05) is 5.56 Å². The van der Waals surface area contributed by atoms with E-state index < -0.39 is 11.6 Å². The fraction of sp³-hybridized carbons (Fsp3) is 0.333. The second kappa shape index (κ2) is 6.26. The van der Waals surface area contributed by atoms with Crippen LogP contribution in [0.1, 0.15) is 26.3 Å². The van der Waals surface area contributed by atoms with Gasteiger partial charge in [-0.3, -0.25) is 0 Å². The molecular weight excluding hydrogens is 286 g/mol. The van der Waals surface area contributed by atoms with Crippen LogP contribution in [0.25, 0.3) is 11.4 Å². The van der Waals surface area contributed by atoms with E-state index in [9.17, 15) is 4.79 Å². The number of rotatable bonds is 4. The van der Waals surface area contributed by atoms with Gasteiger partial charge in [0.25, 0.3) is 0 Å². The van der Waals surface area contributed by atoms with E-state index in [0.29, 0.717) is 22.7 Å². The Morgan fingerprint density at radius 1 is 1.36 bits per heavy atom. The van der Waals surface area contributed by atoms with Crippen molar-refractivity contribution in [3.63, 3.8) is 0 Å². The van der Waals surface area contributed by atoms with Crippen molar-refractivity contribution >= 4 is 5.97 Å². The van der Waals surface area contributed by atoms with Gasteiger partial charge >= 0.3 is 5.97 Å². The zero-order chi connectivity index (χ0) is 16.2. The predicted octanol–water partition coefficient (Wildman–Crippen LogP) is 2.33. The standard InChI is InChI=1S/C15H15N3O4/c1-15(2,3)22-13(19)8-20-12-5-10(7-16)4-11(6-12)14-17-9-21-18-14/h4-6,9H,8H2,1-3H3. The summed E-state index contributed by atoms with van der Waals surface area (Å²) < 4.78 is 15.2. The summed E-state index contributed by atoms with van der Waals surface area (Å²) in [7, 11) is 0. The summed E-state index contributed by atoms with van der Waals surface area (Å²) in [4.78, 5) is 15.6. The van der Waals surface area contributed by atoms with Crippen LogP contribution in [-0.2, 0) is 9.53 Å². The molecule has 0 radical (unpaired) electrons. The van der Waals surface area contributed by atoms with E-state index in [1.807, 2.05) is 6.07 Å². The zero-order valence-electron chi connectivity index (χ0n) is 12.5. The molecule has 0 unspecified atom stereocenters. The van der Waals surface area contributed by atoms with Crippen LogP contribution in [-0.4, -0.2) is 28.3 Å². The fourth-order valence-electron chi connectivity index (χ4n) is 1.69. The number of hydrogen-bond donors (Lipinski definition) is 0. The number of hydrogen-bond acceptors (Lipinski definition) is 7. The lowest BCUT2D eigenvalue weighted by Gasteiger charge is -2.19. The van der Waals surface area contributed by atoms with Crippen molar-refractivity contribution < 1.29 is 18.8 Å². The van der Waals surface area contributed by atoms with Gasteiger partial charge in [0.2, 0.25) is 12.2 Å². The van der Waals surface area contributed by atoms with E-state index in [4.69, 9.17) is 14.7 Å². The Balaban J connectivity index is 2.13. The summed E-state index contributed by atoms with van der Waals surface area (Å²) in [5.74, 6) is 0.194. The van der Waals surface area contributed by atoms with Gasteiger partial charge in [0.05, 0.1) is 11.6 Å². The summed E-state index contributed by atoms with van der Waals surface area (Å²) in [5.41, 5.74) is 0.346. The minimum atomic E-state index is -0.579. The first-order valence-electron chi connectivity index (χ1n) is 6.54. The lowest BCUT2D eigenvalue weighted by Crippen LogP contribution is -2.27. The lowest BCUT2D eigenvalue weighted by molar-refractivity contribution is -0.157. The molecule has 0 saturated heterocycles. The largest absolute Gasteiger partial charge is 0.482 e. The van der Waals surface area contributed by atoms with Crippen molar-refractivity contribution in [3.8, 4) is 23.2 Å². The third kappa shape index (κ3) is 4.31. The third-order valence-corrected chi connectivity index (χ3v) is 2.43. The Morgan fingerprint density at radius 2 is 2.14 bits per heavy atom. The lowest BCUT2D eigenvalue weighted by atomic mass is 10.1.